The van der Waals surface area contributed by atoms with E-state index < -0.39 is 0 Å². The summed E-state index contributed by atoms with van der Waals surface area (Å²) in [4.78, 5) is 2.53. The molecule has 1 fully saturated rings. The Labute approximate surface area is 99.1 Å². The van der Waals surface area contributed by atoms with Gasteiger partial charge in [-0.3, -0.25) is 4.90 Å². The van der Waals surface area contributed by atoms with Gasteiger partial charge in [0.25, 0.3) is 0 Å². The molecule has 16 heavy (non-hydrogen) atoms. The highest BCUT2D eigenvalue weighted by Gasteiger charge is 2.27. The lowest BCUT2D eigenvalue weighted by molar-refractivity contribution is 0.0906. The Morgan fingerprint density at radius 3 is 2.81 bits per heavy atom. The quantitative estimate of drug-likeness (QED) is 0.667. The Bertz CT molecular complexity index is 178. The zero-order valence-corrected chi connectivity index (χ0v) is 10.7. The Morgan fingerprint density at radius 1 is 1.38 bits per heavy atom. The van der Waals surface area contributed by atoms with Gasteiger partial charge in [0.2, 0.25) is 0 Å². The fourth-order valence-corrected chi connectivity index (χ4v) is 2.48. The summed E-state index contributed by atoms with van der Waals surface area (Å²) in [6.07, 6.45) is 3.47. The van der Waals surface area contributed by atoms with Crippen molar-refractivity contribution in [3.05, 3.63) is 0 Å². The molecule has 2 atom stereocenters. The minimum atomic E-state index is 0.537. The Balaban J connectivity index is 2.33. The first-order valence-corrected chi connectivity index (χ1v) is 6.23. The molecule has 0 saturated carbocycles. The van der Waals surface area contributed by atoms with Crippen LogP contribution >= 0.6 is 0 Å². The first kappa shape index (κ1) is 13.9. The van der Waals surface area contributed by atoms with Crippen molar-refractivity contribution in [3.8, 4) is 0 Å². The van der Waals surface area contributed by atoms with Crippen LogP contribution in [0, 0.1) is 5.92 Å². The zero-order chi connectivity index (χ0) is 11.8. The van der Waals surface area contributed by atoms with Gasteiger partial charge in [-0.25, -0.2) is 0 Å². The molecule has 1 rings (SSSR count). The van der Waals surface area contributed by atoms with E-state index in [2.05, 4.69) is 4.90 Å². The van der Waals surface area contributed by atoms with Crippen molar-refractivity contribution in [3.63, 3.8) is 0 Å². The number of rotatable bonds is 8. The van der Waals surface area contributed by atoms with Crippen LogP contribution in [0.1, 0.15) is 19.3 Å². The molecular formula is C12H26N2O2. The van der Waals surface area contributed by atoms with E-state index >= 15 is 0 Å². The number of ether oxygens (including phenoxy) is 2. The van der Waals surface area contributed by atoms with Crippen molar-refractivity contribution in [2.24, 2.45) is 11.7 Å². The van der Waals surface area contributed by atoms with E-state index in [1.54, 1.807) is 14.2 Å². The lowest BCUT2D eigenvalue weighted by atomic mass is 10.1. The molecule has 1 saturated heterocycles. The van der Waals surface area contributed by atoms with E-state index in [1.807, 2.05) is 0 Å². The molecule has 0 bridgehead atoms. The highest BCUT2D eigenvalue weighted by atomic mass is 16.5. The molecule has 2 unspecified atom stereocenters. The van der Waals surface area contributed by atoms with E-state index in [0.717, 1.165) is 39.1 Å². The maximum absolute atomic E-state index is 5.57. The number of methoxy groups -OCH3 is 2. The second kappa shape index (κ2) is 8.01. The summed E-state index contributed by atoms with van der Waals surface area (Å²) in [6, 6.07) is 0.537. The molecule has 1 aliphatic rings. The summed E-state index contributed by atoms with van der Waals surface area (Å²) >= 11 is 0. The fourth-order valence-electron chi connectivity index (χ4n) is 2.48. The van der Waals surface area contributed by atoms with E-state index in [9.17, 15) is 0 Å². The zero-order valence-electron chi connectivity index (χ0n) is 10.7. The maximum atomic E-state index is 5.57. The van der Waals surface area contributed by atoms with Gasteiger partial charge in [-0.2, -0.15) is 0 Å². The molecule has 2 N–H and O–H groups in total. The van der Waals surface area contributed by atoms with Crippen molar-refractivity contribution in [2.45, 2.75) is 25.3 Å². The first-order chi connectivity index (χ1) is 7.81. The van der Waals surface area contributed by atoms with E-state index in [4.69, 9.17) is 15.2 Å². The molecule has 0 amide bonds. The van der Waals surface area contributed by atoms with Crippen LogP contribution in [0.4, 0.5) is 0 Å². The van der Waals surface area contributed by atoms with Crippen LogP contribution in [0.3, 0.4) is 0 Å². The third-order valence-corrected chi connectivity index (χ3v) is 3.34. The minimum Gasteiger partial charge on any atom is -0.384 e. The average molecular weight is 230 g/mol. The van der Waals surface area contributed by atoms with Crippen LogP contribution in [0.15, 0.2) is 0 Å². The summed E-state index contributed by atoms with van der Waals surface area (Å²) in [5.74, 6) is 0.697. The Morgan fingerprint density at radius 2 is 2.19 bits per heavy atom. The van der Waals surface area contributed by atoms with Gasteiger partial charge in [-0.05, 0) is 38.3 Å². The van der Waals surface area contributed by atoms with Crippen LogP contribution in [-0.2, 0) is 9.47 Å². The van der Waals surface area contributed by atoms with Gasteiger partial charge >= 0.3 is 0 Å². The van der Waals surface area contributed by atoms with Crippen molar-refractivity contribution in [2.75, 3.05) is 47.1 Å². The molecule has 0 aromatic rings. The van der Waals surface area contributed by atoms with Gasteiger partial charge in [-0.15, -0.1) is 0 Å². The molecule has 0 aromatic carbocycles. The monoisotopic (exact) mass is 230 g/mol. The standard InChI is InChI=1S/C12H26N2O2/c1-15-9-11-5-7-14(8-11)12(10-16-2)4-3-6-13/h11-12H,3-10,13H2,1-2H3. The molecule has 0 spiro atoms. The van der Waals surface area contributed by atoms with Crippen LogP contribution in [0.25, 0.3) is 0 Å². The van der Waals surface area contributed by atoms with Crippen LogP contribution in [0.5, 0.6) is 0 Å². The number of nitrogens with zero attached hydrogens (tertiary/aromatic N) is 1. The first-order valence-electron chi connectivity index (χ1n) is 6.23. The van der Waals surface area contributed by atoms with Gasteiger partial charge < -0.3 is 15.2 Å². The molecular weight excluding hydrogens is 204 g/mol. The van der Waals surface area contributed by atoms with Crippen molar-refractivity contribution in [1.82, 2.24) is 4.90 Å². The SMILES string of the molecule is COCC1CCN(C(CCCN)COC)C1. The van der Waals surface area contributed by atoms with Gasteiger partial charge in [0.1, 0.15) is 0 Å². The minimum absolute atomic E-state index is 0.537. The lowest BCUT2D eigenvalue weighted by Gasteiger charge is -2.27. The summed E-state index contributed by atoms with van der Waals surface area (Å²) < 4.78 is 10.5. The van der Waals surface area contributed by atoms with Crippen molar-refractivity contribution < 1.29 is 9.47 Å². The number of hydrogen-bond donors (Lipinski definition) is 1. The van der Waals surface area contributed by atoms with Crippen LogP contribution in [0.2, 0.25) is 0 Å². The molecule has 1 aliphatic heterocycles. The topological polar surface area (TPSA) is 47.7 Å². The van der Waals surface area contributed by atoms with Crippen LogP contribution < -0.4 is 5.73 Å². The normalized spacial score (nSPS) is 23.8. The molecule has 0 aromatic heterocycles. The molecule has 96 valence electrons. The van der Waals surface area contributed by atoms with Crippen LogP contribution in [-0.4, -0.2) is 58.0 Å². The van der Waals surface area contributed by atoms with Crippen molar-refractivity contribution in [1.29, 1.82) is 0 Å². The molecule has 4 heteroatoms. The molecule has 4 nitrogen and oxygen atoms in total. The van der Waals surface area contributed by atoms with Gasteiger partial charge in [0.15, 0.2) is 0 Å². The number of hydrogen-bond acceptors (Lipinski definition) is 4. The summed E-state index contributed by atoms with van der Waals surface area (Å²) in [5, 5.41) is 0. The van der Waals surface area contributed by atoms with Gasteiger partial charge in [0.05, 0.1) is 13.2 Å². The third kappa shape index (κ3) is 4.37. The predicted molar refractivity (Wildman–Crippen MR) is 65.5 cm³/mol. The fraction of sp³-hybridized carbons (Fsp3) is 1.00. The number of likely N-dealkylation sites (tertiary alicyclic amines) is 1. The van der Waals surface area contributed by atoms with Crippen molar-refractivity contribution >= 4 is 0 Å². The highest BCUT2D eigenvalue weighted by molar-refractivity contribution is 4.81. The molecule has 0 aliphatic carbocycles. The van der Waals surface area contributed by atoms with E-state index in [0.29, 0.717) is 12.0 Å². The average Bonchev–Trinajstić information content (AvgIpc) is 2.73. The van der Waals surface area contributed by atoms with Gasteiger partial charge in [-0.1, -0.05) is 0 Å². The Hall–Kier alpha value is -0.160. The second-order valence-corrected chi connectivity index (χ2v) is 4.65. The molecule has 1 heterocycles. The lowest BCUT2D eigenvalue weighted by Crippen LogP contribution is -2.37. The van der Waals surface area contributed by atoms with E-state index in [-0.39, 0.29) is 0 Å². The summed E-state index contributed by atoms with van der Waals surface area (Å²) in [5.41, 5.74) is 5.57. The maximum Gasteiger partial charge on any atom is 0.0618 e. The second-order valence-electron chi connectivity index (χ2n) is 4.65. The van der Waals surface area contributed by atoms with E-state index in [1.165, 1.54) is 13.0 Å². The Kier molecular flexibility index (Phi) is 6.96. The smallest absolute Gasteiger partial charge is 0.0618 e. The summed E-state index contributed by atoms with van der Waals surface area (Å²) in [7, 11) is 3.56. The number of nitrogens with two attached hydrogens (primary N) is 1. The predicted octanol–water partition coefficient (Wildman–Crippen LogP) is 0.709. The largest absolute Gasteiger partial charge is 0.384 e. The highest BCUT2D eigenvalue weighted by Crippen LogP contribution is 2.21. The summed E-state index contributed by atoms with van der Waals surface area (Å²) in [6.45, 7) is 4.79. The van der Waals surface area contributed by atoms with Gasteiger partial charge in [0, 0.05) is 26.8 Å². The third-order valence-electron chi connectivity index (χ3n) is 3.34. The molecule has 0 radical (unpaired) electrons.